The number of halogens is 3. The fraction of sp³-hybridized carbons (Fsp3) is 0.118. The Morgan fingerprint density at radius 1 is 1.11 bits per heavy atom. The van der Waals surface area contributed by atoms with E-state index < -0.39 is 16.9 Å². The molecule has 0 saturated carbocycles. The normalized spacial score (nSPS) is 12.2. The predicted octanol–water partition coefficient (Wildman–Crippen LogP) is 4.39. The standard InChI is InChI=1S/C17H12F3N5O2/c1-10(11-6-8-12(9-7-11)25(26)27)23-24-15-13-4-2-3-5-14(13)21-16(22-15)17(18,19)20/h2-9H,1H3,(H,21,22,24)/b23-10-. The van der Waals surface area contributed by atoms with Crippen LogP contribution in [0.4, 0.5) is 24.7 Å². The van der Waals surface area contributed by atoms with E-state index in [1.807, 2.05) is 0 Å². The number of nitrogens with zero attached hydrogens (tertiary/aromatic N) is 4. The SMILES string of the molecule is C/C(=N/Nc1nc(C(F)(F)F)nc2ccccc12)c1ccc([N+](=O)[O-])cc1. The summed E-state index contributed by atoms with van der Waals surface area (Å²) in [4.78, 5) is 17.2. The van der Waals surface area contributed by atoms with Crippen molar-refractivity contribution >= 4 is 28.1 Å². The van der Waals surface area contributed by atoms with Crippen LogP contribution in [0.2, 0.25) is 0 Å². The highest BCUT2D eigenvalue weighted by atomic mass is 19.4. The molecule has 1 N–H and O–H groups in total. The van der Waals surface area contributed by atoms with E-state index in [-0.39, 0.29) is 17.0 Å². The van der Waals surface area contributed by atoms with Crippen molar-refractivity contribution in [2.24, 2.45) is 5.10 Å². The fourth-order valence-electron chi connectivity index (χ4n) is 2.31. The maximum atomic E-state index is 13.0. The molecule has 138 valence electrons. The third-order valence-corrected chi connectivity index (χ3v) is 3.68. The summed E-state index contributed by atoms with van der Waals surface area (Å²) < 4.78 is 39.1. The number of fused-ring (bicyclic) bond motifs is 1. The quantitative estimate of drug-likeness (QED) is 0.415. The Bertz CT molecular complexity index is 1030. The van der Waals surface area contributed by atoms with Crippen LogP contribution < -0.4 is 5.43 Å². The van der Waals surface area contributed by atoms with Gasteiger partial charge in [-0.15, -0.1) is 0 Å². The van der Waals surface area contributed by atoms with Gasteiger partial charge in [0.1, 0.15) is 0 Å². The summed E-state index contributed by atoms with van der Waals surface area (Å²) in [5, 5.41) is 15.1. The molecule has 27 heavy (non-hydrogen) atoms. The number of alkyl halides is 3. The zero-order valence-corrected chi connectivity index (χ0v) is 13.9. The fourth-order valence-corrected chi connectivity index (χ4v) is 2.31. The van der Waals surface area contributed by atoms with Crippen LogP contribution in [0.1, 0.15) is 18.3 Å². The summed E-state index contributed by atoms with van der Waals surface area (Å²) in [5.74, 6) is -1.36. The zero-order chi connectivity index (χ0) is 19.6. The lowest BCUT2D eigenvalue weighted by molar-refractivity contribution is -0.384. The second-order valence-electron chi connectivity index (χ2n) is 5.52. The first-order chi connectivity index (χ1) is 12.8. The van der Waals surface area contributed by atoms with Gasteiger partial charge in [-0.2, -0.15) is 18.3 Å². The average Bonchev–Trinajstić information content (AvgIpc) is 2.65. The van der Waals surface area contributed by atoms with Crippen LogP contribution in [0.5, 0.6) is 0 Å². The minimum absolute atomic E-state index is 0.0730. The van der Waals surface area contributed by atoms with Gasteiger partial charge in [0.25, 0.3) is 5.69 Å². The van der Waals surface area contributed by atoms with Crippen molar-refractivity contribution in [1.82, 2.24) is 9.97 Å². The summed E-state index contributed by atoms with van der Waals surface area (Å²) in [7, 11) is 0. The minimum atomic E-state index is -4.70. The average molecular weight is 375 g/mol. The molecule has 0 amide bonds. The molecular weight excluding hydrogens is 363 g/mol. The number of para-hydroxylation sites is 1. The molecular formula is C17H12F3N5O2. The molecule has 3 aromatic rings. The van der Waals surface area contributed by atoms with Crippen molar-refractivity contribution in [1.29, 1.82) is 0 Å². The first-order valence-corrected chi connectivity index (χ1v) is 7.65. The maximum absolute atomic E-state index is 13.0. The second kappa shape index (κ2) is 6.98. The summed E-state index contributed by atoms with van der Waals surface area (Å²) in [6, 6.07) is 11.9. The van der Waals surface area contributed by atoms with Gasteiger partial charge in [-0.05, 0) is 36.8 Å². The third-order valence-electron chi connectivity index (χ3n) is 3.68. The molecule has 10 heteroatoms. The Kier molecular flexibility index (Phi) is 4.72. The van der Waals surface area contributed by atoms with Crippen molar-refractivity contribution in [3.8, 4) is 0 Å². The zero-order valence-electron chi connectivity index (χ0n) is 13.9. The van der Waals surface area contributed by atoms with Crippen molar-refractivity contribution in [3.63, 3.8) is 0 Å². The third kappa shape index (κ3) is 4.00. The first kappa shape index (κ1) is 18.2. The molecule has 1 heterocycles. The highest BCUT2D eigenvalue weighted by Crippen LogP contribution is 2.30. The summed E-state index contributed by atoms with van der Waals surface area (Å²) in [6.45, 7) is 1.61. The highest BCUT2D eigenvalue weighted by Gasteiger charge is 2.35. The number of hydrazone groups is 1. The molecule has 0 aliphatic carbocycles. The number of rotatable bonds is 4. The summed E-state index contributed by atoms with van der Waals surface area (Å²) in [6.07, 6.45) is -4.70. The lowest BCUT2D eigenvalue weighted by Gasteiger charge is -2.10. The van der Waals surface area contributed by atoms with E-state index in [9.17, 15) is 23.3 Å². The smallest absolute Gasteiger partial charge is 0.260 e. The van der Waals surface area contributed by atoms with Gasteiger partial charge in [0.15, 0.2) is 5.82 Å². The Hall–Kier alpha value is -3.56. The number of benzene rings is 2. The number of nitro benzene ring substituents is 1. The van der Waals surface area contributed by atoms with Crippen LogP contribution in [-0.4, -0.2) is 20.6 Å². The largest absolute Gasteiger partial charge is 0.451 e. The van der Waals surface area contributed by atoms with E-state index >= 15 is 0 Å². The van der Waals surface area contributed by atoms with Crippen LogP contribution in [0.15, 0.2) is 53.6 Å². The first-order valence-electron chi connectivity index (χ1n) is 7.65. The molecule has 1 aromatic heterocycles. The van der Waals surface area contributed by atoms with Crippen molar-refractivity contribution < 1.29 is 18.1 Å². The van der Waals surface area contributed by atoms with Gasteiger partial charge < -0.3 is 0 Å². The van der Waals surface area contributed by atoms with Gasteiger partial charge in [-0.3, -0.25) is 15.5 Å². The van der Waals surface area contributed by atoms with Crippen molar-refractivity contribution in [2.45, 2.75) is 13.1 Å². The second-order valence-corrected chi connectivity index (χ2v) is 5.52. The number of hydrogen-bond donors (Lipinski definition) is 1. The van der Waals surface area contributed by atoms with E-state index in [0.29, 0.717) is 16.7 Å². The van der Waals surface area contributed by atoms with Crippen molar-refractivity contribution in [3.05, 3.63) is 70.0 Å². The summed E-state index contributed by atoms with van der Waals surface area (Å²) >= 11 is 0. The van der Waals surface area contributed by atoms with Crippen LogP contribution in [0.3, 0.4) is 0 Å². The van der Waals surface area contributed by atoms with E-state index in [0.717, 1.165) is 0 Å². The molecule has 0 aliphatic rings. The van der Waals surface area contributed by atoms with Crippen molar-refractivity contribution in [2.75, 3.05) is 5.43 Å². The van der Waals surface area contributed by atoms with Gasteiger partial charge in [0.2, 0.25) is 5.82 Å². The molecule has 7 nitrogen and oxygen atoms in total. The van der Waals surface area contributed by atoms with Crippen LogP contribution in [0.25, 0.3) is 10.9 Å². The van der Waals surface area contributed by atoms with Crippen LogP contribution >= 0.6 is 0 Å². The molecule has 0 bridgehead atoms. The summed E-state index contributed by atoms with van der Waals surface area (Å²) in [5.41, 5.74) is 3.59. The van der Waals surface area contributed by atoms with E-state index in [1.165, 1.54) is 30.3 Å². The molecule has 0 saturated heterocycles. The number of nitrogens with one attached hydrogen (secondary N) is 1. The Morgan fingerprint density at radius 3 is 2.41 bits per heavy atom. The topological polar surface area (TPSA) is 93.3 Å². The molecule has 3 rings (SSSR count). The number of aromatic nitrogens is 2. The number of non-ortho nitro benzene ring substituents is 1. The van der Waals surface area contributed by atoms with Crippen LogP contribution in [-0.2, 0) is 6.18 Å². The lowest BCUT2D eigenvalue weighted by atomic mass is 10.1. The van der Waals surface area contributed by atoms with E-state index in [4.69, 9.17) is 0 Å². The number of nitro groups is 1. The highest BCUT2D eigenvalue weighted by molar-refractivity contribution is 5.99. The molecule has 0 aliphatic heterocycles. The molecule has 2 aromatic carbocycles. The van der Waals surface area contributed by atoms with Gasteiger partial charge in [-0.1, -0.05) is 12.1 Å². The van der Waals surface area contributed by atoms with Gasteiger partial charge >= 0.3 is 6.18 Å². The van der Waals surface area contributed by atoms with Gasteiger partial charge in [0, 0.05) is 17.5 Å². The van der Waals surface area contributed by atoms with Gasteiger partial charge in [-0.25, -0.2) is 9.97 Å². The Balaban J connectivity index is 1.95. The Labute approximate surface area is 150 Å². The monoisotopic (exact) mass is 375 g/mol. The van der Waals surface area contributed by atoms with E-state index in [1.54, 1.807) is 25.1 Å². The Morgan fingerprint density at radius 2 is 1.78 bits per heavy atom. The number of anilines is 1. The number of hydrogen-bond acceptors (Lipinski definition) is 6. The van der Waals surface area contributed by atoms with E-state index in [2.05, 4.69) is 20.5 Å². The van der Waals surface area contributed by atoms with Gasteiger partial charge in [0.05, 0.1) is 16.2 Å². The molecule has 0 atom stereocenters. The molecule has 0 radical (unpaired) electrons. The van der Waals surface area contributed by atoms with Crippen LogP contribution in [0, 0.1) is 10.1 Å². The molecule has 0 unspecified atom stereocenters. The lowest BCUT2D eigenvalue weighted by Crippen LogP contribution is -2.13. The molecule has 0 spiro atoms. The predicted molar refractivity (Wildman–Crippen MR) is 93.5 cm³/mol. The molecule has 0 fully saturated rings. The maximum Gasteiger partial charge on any atom is 0.451 e. The minimum Gasteiger partial charge on any atom is -0.260 e.